The van der Waals surface area contributed by atoms with Crippen molar-refractivity contribution in [1.29, 1.82) is 0 Å². The third-order valence-corrected chi connectivity index (χ3v) is 3.34. The van der Waals surface area contributed by atoms with Crippen LogP contribution in [0.3, 0.4) is 0 Å². The van der Waals surface area contributed by atoms with Gasteiger partial charge < -0.3 is 20.1 Å². The Balaban J connectivity index is 0.00000400. The van der Waals surface area contributed by atoms with Gasteiger partial charge >= 0.3 is 0 Å². The smallest absolute Gasteiger partial charge is 0.191 e. The Morgan fingerprint density at radius 1 is 1.29 bits per heavy atom. The second-order valence-electron chi connectivity index (χ2n) is 5.54. The highest BCUT2D eigenvalue weighted by Crippen LogP contribution is 2.06. The Morgan fingerprint density at radius 3 is 2.52 bits per heavy atom. The third-order valence-electron chi connectivity index (χ3n) is 3.34. The number of morpholine rings is 1. The molecule has 1 saturated heterocycles. The summed E-state index contributed by atoms with van der Waals surface area (Å²) in [5.41, 5.74) is -0.230. The van der Waals surface area contributed by atoms with Crippen molar-refractivity contribution in [2.24, 2.45) is 4.99 Å². The third kappa shape index (κ3) is 9.49. The summed E-state index contributed by atoms with van der Waals surface area (Å²) in [7, 11) is 1.72. The van der Waals surface area contributed by atoms with E-state index in [9.17, 15) is 0 Å². The molecule has 1 heterocycles. The Hall–Kier alpha value is -0.120. The molecule has 0 aromatic carbocycles. The van der Waals surface area contributed by atoms with Crippen molar-refractivity contribution in [2.75, 3.05) is 59.6 Å². The number of hydrogen-bond donors (Lipinski definition) is 2. The van der Waals surface area contributed by atoms with Gasteiger partial charge in [0.1, 0.15) is 0 Å². The molecule has 0 saturated carbocycles. The maximum Gasteiger partial charge on any atom is 0.191 e. The molecule has 2 N–H and O–H groups in total. The molecular formula is C14H31IN4O2. The second-order valence-corrected chi connectivity index (χ2v) is 5.54. The van der Waals surface area contributed by atoms with Crippen molar-refractivity contribution in [3.63, 3.8) is 0 Å². The van der Waals surface area contributed by atoms with Crippen LogP contribution in [0.2, 0.25) is 0 Å². The zero-order valence-electron chi connectivity index (χ0n) is 13.8. The number of hydrogen-bond acceptors (Lipinski definition) is 4. The van der Waals surface area contributed by atoms with Gasteiger partial charge in [-0.15, -0.1) is 24.0 Å². The van der Waals surface area contributed by atoms with Crippen LogP contribution in [0.4, 0.5) is 0 Å². The molecule has 0 unspecified atom stereocenters. The zero-order valence-corrected chi connectivity index (χ0v) is 16.1. The van der Waals surface area contributed by atoms with Crippen LogP contribution < -0.4 is 10.6 Å². The Labute approximate surface area is 146 Å². The lowest BCUT2D eigenvalue weighted by Crippen LogP contribution is -2.45. The van der Waals surface area contributed by atoms with E-state index in [4.69, 9.17) is 9.47 Å². The van der Waals surface area contributed by atoms with Gasteiger partial charge in [-0.3, -0.25) is 9.89 Å². The lowest BCUT2D eigenvalue weighted by atomic mass is 10.1. The molecule has 0 atom stereocenters. The number of aliphatic imine (C=N–C) groups is 1. The highest BCUT2D eigenvalue weighted by Gasteiger charge is 2.16. The van der Waals surface area contributed by atoms with E-state index in [0.29, 0.717) is 6.54 Å². The van der Waals surface area contributed by atoms with E-state index < -0.39 is 0 Å². The van der Waals surface area contributed by atoms with Crippen molar-refractivity contribution in [3.8, 4) is 0 Å². The number of ether oxygens (including phenoxy) is 2. The summed E-state index contributed by atoms with van der Waals surface area (Å²) >= 11 is 0. The van der Waals surface area contributed by atoms with Gasteiger partial charge in [-0.2, -0.15) is 0 Å². The monoisotopic (exact) mass is 414 g/mol. The predicted octanol–water partition coefficient (Wildman–Crippen LogP) is 0.917. The first kappa shape index (κ1) is 20.9. The molecule has 126 valence electrons. The molecule has 1 rings (SSSR count). The van der Waals surface area contributed by atoms with Crippen molar-refractivity contribution >= 4 is 29.9 Å². The standard InChI is InChI=1S/C14H30N4O2.HI/c1-5-15-13(17-12-14(2,3)19-4)16-6-7-18-8-10-20-11-9-18;/h5-12H2,1-4H3,(H2,15,16,17);1H. The minimum Gasteiger partial charge on any atom is -0.379 e. The first-order chi connectivity index (χ1) is 9.57. The van der Waals surface area contributed by atoms with Gasteiger partial charge in [-0.25, -0.2) is 0 Å². The molecule has 0 radical (unpaired) electrons. The van der Waals surface area contributed by atoms with Crippen molar-refractivity contribution in [2.45, 2.75) is 26.4 Å². The van der Waals surface area contributed by atoms with Crippen LogP contribution in [0.25, 0.3) is 0 Å². The largest absolute Gasteiger partial charge is 0.379 e. The average Bonchev–Trinajstić information content (AvgIpc) is 2.46. The van der Waals surface area contributed by atoms with Gasteiger partial charge in [-0.1, -0.05) is 0 Å². The number of nitrogens with one attached hydrogen (secondary N) is 2. The van der Waals surface area contributed by atoms with E-state index in [-0.39, 0.29) is 29.6 Å². The Kier molecular flexibility index (Phi) is 11.4. The molecule has 1 aliphatic heterocycles. The molecule has 0 spiro atoms. The van der Waals surface area contributed by atoms with Crippen LogP contribution in [0.1, 0.15) is 20.8 Å². The maximum atomic E-state index is 5.38. The van der Waals surface area contributed by atoms with E-state index in [1.165, 1.54) is 0 Å². The fraction of sp³-hybridized carbons (Fsp3) is 0.929. The van der Waals surface area contributed by atoms with Gasteiger partial charge in [0.15, 0.2) is 5.96 Å². The topological polar surface area (TPSA) is 58.1 Å². The fourth-order valence-electron chi connectivity index (χ4n) is 1.83. The number of rotatable bonds is 7. The molecule has 0 bridgehead atoms. The second kappa shape index (κ2) is 11.4. The summed E-state index contributed by atoms with van der Waals surface area (Å²) in [6.45, 7) is 13.3. The number of guanidine groups is 1. The molecular weight excluding hydrogens is 383 g/mol. The lowest BCUT2D eigenvalue weighted by molar-refractivity contribution is 0.0310. The molecule has 0 aliphatic carbocycles. The summed E-state index contributed by atoms with van der Waals surface area (Å²) in [5.74, 6) is 0.853. The van der Waals surface area contributed by atoms with E-state index in [1.807, 2.05) is 13.8 Å². The fourth-order valence-corrected chi connectivity index (χ4v) is 1.83. The van der Waals surface area contributed by atoms with E-state index in [1.54, 1.807) is 7.11 Å². The van der Waals surface area contributed by atoms with Crippen LogP contribution in [-0.2, 0) is 9.47 Å². The van der Waals surface area contributed by atoms with E-state index >= 15 is 0 Å². The lowest BCUT2D eigenvalue weighted by Gasteiger charge is -2.27. The first-order valence-corrected chi connectivity index (χ1v) is 7.45. The molecule has 7 heteroatoms. The van der Waals surface area contributed by atoms with Gasteiger partial charge in [-0.05, 0) is 20.8 Å². The molecule has 0 aromatic heterocycles. The summed E-state index contributed by atoms with van der Waals surface area (Å²) in [6, 6.07) is 0. The SMILES string of the molecule is CCNC(=NCC(C)(C)OC)NCCN1CCOCC1.I. The Morgan fingerprint density at radius 2 is 1.95 bits per heavy atom. The van der Waals surface area contributed by atoms with Crippen LogP contribution in [0, 0.1) is 0 Å². The minimum absolute atomic E-state index is 0. The summed E-state index contributed by atoms with van der Waals surface area (Å²) in [6.07, 6.45) is 0. The van der Waals surface area contributed by atoms with Crippen LogP contribution >= 0.6 is 24.0 Å². The average molecular weight is 414 g/mol. The summed E-state index contributed by atoms with van der Waals surface area (Å²) in [4.78, 5) is 6.97. The highest BCUT2D eigenvalue weighted by molar-refractivity contribution is 14.0. The highest BCUT2D eigenvalue weighted by atomic mass is 127. The number of methoxy groups -OCH3 is 1. The van der Waals surface area contributed by atoms with Crippen LogP contribution in [0.15, 0.2) is 4.99 Å². The van der Waals surface area contributed by atoms with Crippen molar-refractivity contribution in [1.82, 2.24) is 15.5 Å². The first-order valence-electron chi connectivity index (χ1n) is 7.45. The molecule has 1 fully saturated rings. The van der Waals surface area contributed by atoms with E-state index in [0.717, 1.165) is 51.9 Å². The Bertz CT molecular complexity index is 295. The van der Waals surface area contributed by atoms with Crippen LogP contribution in [-0.4, -0.2) is 76.1 Å². The number of nitrogens with zero attached hydrogens (tertiary/aromatic N) is 2. The zero-order chi connectivity index (χ0) is 14.8. The maximum absolute atomic E-state index is 5.38. The van der Waals surface area contributed by atoms with E-state index in [2.05, 4.69) is 27.4 Å². The van der Waals surface area contributed by atoms with Gasteiger partial charge in [0.25, 0.3) is 0 Å². The van der Waals surface area contributed by atoms with Crippen LogP contribution in [0.5, 0.6) is 0 Å². The van der Waals surface area contributed by atoms with Crippen molar-refractivity contribution in [3.05, 3.63) is 0 Å². The van der Waals surface area contributed by atoms with Crippen molar-refractivity contribution < 1.29 is 9.47 Å². The molecule has 1 aliphatic rings. The van der Waals surface area contributed by atoms with Gasteiger partial charge in [0, 0.05) is 39.8 Å². The minimum atomic E-state index is -0.230. The molecule has 21 heavy (non-hydrogen) atoms. The summed E-state index contributed by atoms with van der Waals surface area (Å²) in [5, 5.41) is 6.62. The van der Waals surface area contributed by atoms with Gasteiger partial charge in [0.05, 0.1) is 25.4 Å². The quantitative estimate of drug-likeness (QED) is 0.369. The molecule has 0 amide bonds. The molecule has 6 nitrogen and oxygen atoms in total. The summed E-state index contributed by atoms with van der Waals surface area (Å²) < 4.78 is 10.7. The predicted molar refractivity (Wildman–Crippen MR) is 97.7 cm³/mol. The number of halogens is 1. The normalized spacial score (nSPS) is 17.2. The van der Waals surface area contributed by atoms with Gasteiger partial charge in [0.2, 0.25) is 0 Å². The molecule has 0 aromatic rings.